The predicted octanol–water partition coefficient (Wildman–Crippen LogP) is 2.55. The van der Waals surface area contributed by atoms with Crippen LogP contribution in [0.25, 0.3) is 0 Å². The Bertz CT molecular complexity index is 588. The standard InChI is InChI=1S/C15H17BrN2O3/c1-15(10-5-6-10)13(19)18(14(20)17-15)7-8-21-12-4-2-3-11(16)9-12/h2-4,9-10H,5-8H2,1H3,(H,17,20)/t15-/m0/s1. The third-order valence-electron chi connectivity index (χ3n) is 4.07. The van der Waals surface area contributed by atoms with Gasteiger partial charge in [-0.15, -0.1) is 0 Å². The van der Waals surface area contributed by atoms with E-state index in [0.29, 0.717) is 5.75 Å². The second kappa shape index (κ2) is 5.33. The molecule has 1 atom stereocenters. The highest BCUT2D eigenvalue weighted by molar-refractivity contribution is 9.10. The Morgan fingerprint density at radius 2 is 2.19 bits per heavy atom. The van der Waals surface area contributed by atoms with Crippen molar-refractivity contribution in [1.82, 2.24) is 10.2 Å². The van der Waals surface area contributed by atoms with Crippen molar-refractivity contribution >= 4 is 27.9 Å². The summed E-state index contributed by atoms with van der Waals surface area (Å²) in [7, 11) is 0. The van der Waals surface area contributed by atoms with E-state index in [1.165, 1.54) is 4.90 Å². The Hall–Kier alpha value is -1.56. The van der Waals surface area contributed by atoms with Crippen LogP contribution >= 0.6 is 15.9 Å². The van der Waals surface area contributed by atoms with E-state index in [1.54, 1.807) is 0 Å². The Kier molecular flexibility index (Phi) is 3.65. The number of benzene rings is 1. The van der Waals surface area contributed by atoms with Crippen LogP contribution in [0, 0.1) is 5.92 Å². The van der Waals surface area contributed by atoms with Gasteiger partial charge in [0, 0.05) is 4.47 Å². The van der Waals surface area contributed by atoms with Crippen molar-refractivity contribution in [2.45, 2.75) is 25.3 Å². The van der Waals surface area contributed by atoms with Crippen molar-refractivity contribution in [2.24, 2.45) is 5.92 Å². The molecule has 1 aliphatic heterocycles. The molecule has 0 aromatic heterocycles. The van der Waals surface area contributed by atoms with Crippen molar-refractivity contribution in [3.63, 3.8) is 0 Å². The van der Waals surface area contributed by atoms with Gasteiger partial charge in [-0.05, 0) is 43.9 Å². The van der Waals surface area contributed by atoms with E-state index in [9.17, 15) is 9.59 Å². The number of ether oxygens (including phenoxy) is 1. The normalized spacial score (nSPS) is 25.1. The number of rotatable bonds is 5. The van der Waals surface area contributed by atoms with Gasteiger partial charge in [-0.2, -0.15) is 0 Å². The van der Waals surface area contributed by atoms with Gasteiger partial charge in [0.2, 0.25) is 0 Å². The largest absolute Gasteiger partial charge is 0.492 e. The van der Waals surface area contributed by atoms with Crippen LogP contribution in [0.3, 0.4) is 0 Å². The lowest BCUT2D eigenvalue weighted by Gasteiger charge is -2.21. The lowest BCUT2D eigenvalue weighted by molar-refractivity contribution is -0.131. The first-order chi connectivity index (χ1) is 10.0. The number of urea groups is 1. The molecule has 112 valence electrons. The molecule has 0 spiro atoms. The lowest BCUT2D eigenvalue weighted by Crippen LogP contribution is -2.46. The van der Waals surface area contributed by atoms with Crippen LogP contribution in [0.5, 0.6) is 5.75 Å². The second-order valence-corrected chi connectivity index (χ2v) is 6.59. The summed E-state index contributed by atoms with van der Waals surface area (Å²) in [5.74, 6) is 0.860. The molecule has 2 aliphatic rings. The average molecular weight is 353 g/mol. The van der Waals surface area contributed by atoms with E-state index in [0.717, 1.165) is 17.3 Å². The van der Waals surface area contributed by atoms with E-state index in [-0.39, 0.29) is 31.0 Å². The van der Waals surface area contributed by atoms with E-state index in [1.807, 2.05) is 31.2 Å². The van der Waals surface area contributed by atoms with Gasteiger partial charge in [-0.25, -0.2) is 4.79 Å². The Balaban J connectivity index is 1.58. The zero-order valence-corrected chi connectivity index (χ0v) is 13.4. The van der Waals surface area contributed by atoms with Crippen molar-refractivity contribution in [2.75, 3.05) is 13.2 Å². The summed E-state index contributed by atoms with van der Waals surface area (Å²) in [6, 6.07) is 7.15. The number of carbonyl (C=O) groups is 2. The molecule has 0 bridgehead atoms. The maximum atomic E-state index is 12.4. The SMILES string of the molecule is C[C@@]1(C2CC2)NC(=O)N(CCOc2cccc(Br)c2)C1=O. The topological polar surface area (TPSA) is 58.6 Å². The fraction of sp³-hybridized carbons (Fsp3) is 0.467. The summed E-state index contributed by atoms with van der Waals surface area (Å²) in [5, 5.41) is 2.82. The zero-order valence-electron chi connectivity index (χ0n) is 11.8. The number of hydrogen-bond acceptors (Lipinski definition) is 3. The van der Waals surface area contributed by atoms with E-state index in [2.05, 4.69) is 21.2 Å². The summed E-state index contributed by atoms with van der Waals surface area (Å²) >= 11 is 3.37. The maximum absolute atomic E-state index is 12.4. The summed E-state index contributed by atoms with van der Waals surface area (Å²) in [6.45, 7) is 2.37. The third kappa shape index (κ3) is 2.77. The van der Waals surface area contributed by atoms with Gasteiger partial charge in [-0.3, -0.25) is 9.69 Å². The number of halogens is 1. The molecule has 1 aliphatic carbocycles. The van der Waals surface area contributed by atoms with Gasteiger partial charge in [0.1, 0.15) is 17.9 Å². The second-order valence-electron chi connectivity index (χ2n) is 5.67. The molecule has 0 radical (unpaired) electrons. The zero-order chi connectivity index (χ0) is 15.0. The van der Waals surface area contributed by atoms with Gasteiger partial charge in [0.15, 0.2) is 0 Å². The van der Waals surface area contributed by atoms with Crippen LogP contribution in [-0.2, 0) is 4.79 Å². The first-order valence-corrected chi connectivity index (χ1v) is 7.82. The molecule has 6 heteroatoms. The van der Waals surface area contributed by atoms with Crippen LogP contribution in [0.2, 0.25) is 0 Å². The minimum atomic E-state index is -0.715. The van der Waals surface area contributed by atoms with Crippen LogP contribution < -0.4 is 10.1 Å². The molecule has 1 saturated heterocycles. The summed E-state index contributed by atoms with van der Waals surface area (Å²) in [4.78, 5) is 25.6. The number of carbonyl (C=O) groups excluding carboxylic acids is 2. The molecule has 2 fully saturated rings. The van der Waals surface area contributed by atoms with Crippen LogP contribution in [0.15, 0.2) is 28.7 Å². The summed E-state index contributed by atoms with van der Waals surface area (Å²) in [6.07, 6.45) is 2.01. The molecule has 1 heterocycles. The molecule has 0 unspecified atom stereocenters. The quantitative estimate of drug-likeness (QED) is 0.828. The molecule has 1 aromatic rings. The minimum Gasteiger partial charge on any atom is -0.492 e. The van der Waals surface area contributed by atoms with Gasteiger partial charge >= 0.3 is 6.03 Å². The smallest absolute Gasteiger partial charge is 0.325 e. The van der Waals surface area contributed by atoms with E-state index in [4.69, 9.17) is 4.74 Å². The fourth-order valence-corrected chi connectivity index (χ4v) is 3.05. The van der Waals surface area contributed by atoms with Gasteiger partial charge in [0.25, 0.3) is 5.91 Å². The molecule has 1 aromatic carbocycles. The molecule has 1 N–H and O–H groups in total. The number of imide groups is 1. The number of nitrogens with zero attached hydrogens (tertiary/aromatic N) is 1. The molecule has 3 rings (SSSR count). The monoisotopic (exact) mass is 352 g/mol. The predicted molar refractivity (Wildman–Crippen MR) is 81.0 cm³/mol. The average Bonchev–Trinajstić information content (AvgIpc) is 3.24. The summed E-state index contributed by atoms with van der Waals surface area (Å²) < 4.78 is 6.51. The van der Waals surface area contributed by atoms with Crippen LogP contribution in [0.4, 0.5) is 4.79 Å². The number of hydrogen-bond donors (Lipinski definition) is 1. The summed E-state index contributed by atoms with van der Waals surface area (Å²) in [5.41, 5.74) is -0.715. The van der Waals surface area contributed by atoms with E-state index < -0.39 is 5.54 Å². The van der Waals surface area contributed by atoms with Crippen molar-refractivity contribution in [3.8, 4) is 5.75 Å². The Labute approximate surface area is 131 Å². The fourth-order valence-electron chi connectivity index (χ4n) is 2.67. The van der Waals surface area contributed by atoms with Crippen LogP contribution in [-0.4, -0.2) is 35.5 Å². The van der Waals surface area contributed by atoms with Gasteiger partial charge < -0.3 is 10.1 Å². The highest BCUT2D eigenvalue weighted by atomic mass is 79.9. The first-order valence-electron chi connectivity index (χ1n) is 7.03. The molecule has 5 nitrogen and oxygen atoms in total. The van der Waals surface area contributed by atoms with Crippen molar-refractivity contribution in [1.29, 1.82) is 0 Å². The van der Waals surface area contributed by atoms with E-state index >= 15 is 0 Å². The van der Waals surface area contributed by atoms with Crippen LogP contribution in [0.1, 0.15) is 19.8 Å². The highest BCUT2D eigenvalue weighted by Crippen LogP contribution is 2.42. The highest BCUT2D eigenvalue weighted by Gasteiger charge is 2.55. The first kappa shape index (κ1) is 14.4. The molecular formula is C15H17BrN2O3. The van der Waals surface area contributed by atoms with Crippen molar-refractivity contribution < 1.29 is 14.3 Å². The Morgan fingerprint density at radius 3 is 2.86 bits per heavy atom. The lowest BCUT2D eigenvalue weighted by atomic mass is 9.96. The maximum Gasteiger partial charge on any atom is 0.325 e. The minimum absolute atomic E-state index is 0.132. The van der Waals surface area contributed by atoms with Gasteiger partial charge in [0.05, 0.1) is 6.54 Å². The number of amides is 3. The molecule has 21 heavy (non-hydrogen) atoms. The Morgan fingerprint density at radius 1 is 1.43 bits per heavy atom. The molecular weight excluding hydrogens is 336 g/mol. The van der Waals surface area contributed by atoms with Gasteiger partial charge in [-0.1, -0.05) is 22.0 Å². The molecule has 3 amide bonds. The third-order valence-corrected chi connectivity index (χ3v) is 4.57. The van der Waals surface area contributed by atoms with Crippen molar-refractivity contribution in [3.05, 3.63) is 28.7 Å². The number of nitrogens with one attached hydrogen (secondary N) is 1. The molecule has 1 saturated carbocycles.